The Labute approximate surface area is 98.6 Å². The van der Waals surface area contributed by atoms with Crippen LogP contribution in [0.4, 0.5) is 0 Å². The van der Waals surface area contributed by atoms with Gasteiger partial charge in [-0.05, 0) is 7.05 Å². The molecule has 0 amide bonds. The average Bonchev–Trinajstić information content (AvgIpc) is 2.80. The van der Waals surface area contributed by atoms with E-state index < -0.39 is 0 Å². The van der Waals surface area contributed by atoms with Crippen molar-refractivity contribution in [2.24, 2.45) is 0 Å². The lowest BCUT2D eigenvalue weighted by Crippen LogP contribution is -2.44. The summed E-state index contributed by atoms with van der Waals surface area (Å²) in [6.07, 6.45) is 3.17. The van der Waals surface area contributed by atoms with Crippen LogP contribution in [0.3, 0.4) is 0 Å². The van der Waals surface area contributed by atoms with Gasteiger partial charge in [0.1, 0.15) is 0 Å². The Hall–Kier alpha value is -0.100. The van der Waals surface area contributed by atoms with Crippen molar-refractivity contribution in [2.45, 2.75) is 18.6 Å². The van der Waals surface area contributed by atoms with Gasteiger partial charge in [-0.2, -0.15) is 11.8 Å². The smallest absolute Gasteiger partial charge is 0.0941 e. The molecule has 0 aliphatic carbocycles. The van der Waals surface area contributed by atoms with Crippen LogP contribution in [0.1, 0.15) is 5.01 Å². The van der Waals surface area contributed by atoms with Gasteiger partial charge in [0.25, 0.3) is 0 Å². The van der Waals surface area contributed by atoms with E-state index in [4.69, 9.17) is 4.74 Å². The lowest BCUT2D eigenvalue weighted by molar-refractivity contribution is 0.0492. The minimum Gasteiger partial charge on any atom is -0.375 e. The summed E-state index contributed by atoms with van der Waals surface area (Å²) in [6.45, 7) is 0.880. The molecule has 1 aliphatic heterocycles. The largest absolute Gasteiger partial charge is 0.375 e. The topological polar surface area (TPSA) is 34.2 Å². The van der Waals surface area contributed by atoms with Crippen LogP contribution < -0.4 is 5.32 Å². The summed E-state index contributed by atoms with van der Waals surface area (Å²) in [6, 6.07) is 0.393. The summed E-state index contributed by atoms with van der Waals surface area (Å²) in [5.74, 6) is 2.22. The SMILES string of the molecule is CNC(Cc1nccs1)C1CSCCO1. The van der Waals surface area contributed by atoms with Crippen molar-refractivity contribution in [1.82, 2.24) is 10.3 Å². The molecule has 15 heavy (non-hydrogen) atoms. The van der Waals surface area contributed by atoms with Crippen molar-refractivity contribution < 1.29 is 4.74 Å². The molecule has 0 spiro atoms. The lowest BCUT2D eigenvalue weighted by atomic mass is 10.1. The summed E-state index contributed by atoms with van der Waals surface area (Å²) in [5.41, 5.74) is 0. The van der Waals surface area contributed by atoms with Gasteiger partial charge in [0.2, 0.25) is 0 Å². The van der Waals surface area contributed by atoms with E-state index in [0.717, 1.165) is 24.5 Å². The number of hydrogen-bond acceptors (Lipinski definition) is 5. The molecule has 1 aliphatic rings. The van der Waals surface area contributed by atoms with Crippen molar-refractivity contribution >= 4 is 23.1 Å². The molecular weight excluding hydrogens is 228 g/mol. The molecule has 1 saturated heterocycles. The van der Waals surface area contributed by atoms with Gasteiger partial charge in [0.05, 0.1) is 17.7 Å². The van der Waals surface area contributed by atoms with Crippen molar-refractivity contribution in [3.05, 3.63) is 16.6 Å². The molecule has 0 aromatic carbocycles. The van der Waals surface area contributed by atoms with E-state index in [9.17, 15) is 0 Å². The van der Waals surface area contributed by atoms with Crippen molar-refractivity contribution in [2.75, 3.05) is 25.2 Å². The number of rotatable bonds is 4. The van der Waals surface area contributed by atoms with E-state index in [-0.39, 0.29) is 0 Å². The molecule has 2 rings (SSSR count). The van der Waals surface area contributed by atoms with Gasteiger partial charge in [-0.15, -0.1) is 11.3 Å². The van der Waals surface area contributed by atoms with Crippen LogP contribution in [0, 0.1) is 0 Å². The van der Waals surface area contributed by atoms with Crippen LogP contribution in [-0.2, 0) is 11.2 Å². The van der Waals surface area contributed by atoms with Crippen LogP contribution in [0.5, 0.6) is 0 Å². The number of nitrogens with zero attached hydrogens (tertiary/aromatic N) is 1. The molecule has 2 heterocycles. The standard InChI is InChI=1S/C10H16N2OS2/c1-11-8(6-10-12-2-4-15-10)9-7-14-5-3-13-9/h2,4,8-9,11H,3,5-7H2,1H3. The van der Waals surface area contributed by atoms with Crippen molar-refractivity contribution in [3.8, 4) is 0 Å². The van der Waals surface area contributed by atoms with E-state index in [2.05, 4.69) is 10.3 Å². The van der Waals surface area contributed by atoms with Crippen molar-refractivity contribution in [1.29, 1.82) is 0 Å². The molecule has 2 atom stereocenters. The van der Waals surface area contributed by atoms with Gasteiger partial charge in [0.15, 0.2) is 0 Å². The average molecular weight is 244 g/mol. The number of thioether (sulfide) groups is 1. The van der Waals surface area contributed by atoms with Gasteiger partial charge in [0, 0.05) is 35.5 Å². The fraction of sp³-hybridized carbons (Fsp3) is 0.700. The molecular formula is C10H16N2OS2. The monoisotopic (exact) mass is 244 g/mol. The lowest BCUT2D eigenvalue weighted by Gasteiger charge is -2.29. The van der Waals surface area contributed by atoms with E-state index in [0.29, 0.717) is 12.1 Å². The van der Waals surface area contributed by atoms with Gasteiger partial charge >= 0.3 is 0 Å². The Morgan fingerprint density at radius 3 is 3.27 bits per heavy atom. The number of aromatic nitrogens is 1. The number of nitrogens with one attached hydrogen (secondary N) is 1. The molecule has 1 N–H and O–H groups in total. The van der Waals surface area contributed by atoms with Crippen LogP contribution in [0.2, 0.25) is 0 Å². The minimum atomic E-state index is 0.331. The summed E-state index contributed by atoms with van der Waals surface area (Å²) in [4.78, 5) is 4.31. The second-order valence-corrected chi connectivity index (χ2v) is 5.64. The maximum atomic E-state index is 5.77. The molecule has 5 heteroatoms. The maximum Gasteiger partial charge on any atom is 0.0941 e. The van der Waals surface area contributed by atoms with E-state index >= 15 is 0 Å². The zero-order valence-corrected chi connectivity index (χ0v) is 10.4. The van der Waals surface area contributed by atoms with E-state index in [1.54, 1.807) is 11.3 Å². The van der Waals surface area contributed by atoms with Crippen LogP contribution in [0.25, 0.3) is 0 Å². The molecule has 0 bridgehead atoms. The summed E-state index contributed by atoms with van der Waals surface area (Å²) < 4.78 is 5.77. The third-order valence-electron chi connectivity index (χ3n) is 2.54. The number of thiazole rings is 1. The zero-order chi connectivity index (χ0) is 10.5. The molecule has 0 radical (unpaired) electrons. The van der Waals surface area contributed by atoms with E-state index in [1.165, 1.54) is 5.01 Å². The zero-order valence-electron chi connectivity index (χ0n) is 8.81. The van der Waals surface area contributed by atoms with Crippen LogP contribution in [-0.4, -0.2) is 42.3 Å². The third-order valence-corrected chi connectivity index (χ3v) is 4.36. The van der Waals surface area contributed by atoms with Gasteiger partial charge in [-0.25, -0.2) is 4.98 Å². The number of likely N-dealkylation sites (N-methyl/N-ethyl adjacent to an activating group) is 1. The Morgan fingerprint density at radius 1 is 1.73 bits per heavy atom. The Balaban J connectivity index is 1.91. The molecule has 1 aromatic heterocycles. The molecule has 0 saturated carbocycles. The molecule has 3 nitrogen and oxygen atoms in total. The highest BCUT2D eigenvalue weighted by molar-refractivity contribution is 7.99. The normalized spacial score (nSPS) is 23.9. The first-order valence-corrected chi connectivity index (χ1v) is 7.18. The molecule has 1 aromatic rings. The quantitative estimate of drug-likeness (QED) is 0.868. The van der Waals surface area contributed by atoms with Gasteiger partial charge in [-0.3, -0.25) is 0 Å². The Morgan fingerprint density at radius 2 is 2.67 bits per heavy atom. The predicted molar refractivity (Wildman–Crippen MR) is 65.7 cm³/mol. The highest BCUT2D eigenvalue weighted by Crippen LogP contribution is 2.18. The first kappa shape index (κ1) is 11.4. The maximum absolute atomic E-state index is 5.77. The first-order valence-electron chi connectivity index (χ1n) is 5.15. The fourth-order valence-electron chi connectivity index (χ4n) is 1.70. The van der Waals surface area contributed by atoms with Gasteiger partial charge in [-0.1, -0.05) is 0 Å². The molecule has 84 valence electrons. The van der Waals surface area contributed by atoms with Crippen molar-refractivity contribution in [3.63, 3.8) is 0 Å². The fourth-order valence-corrected chi connectivity index (χ4v) is 3.32. The first-order chi connectivity index (χ1) is 7.40. The van der Waals surface area contributed by atoms with Gasteiger partial charge < -0.3 is 10.1 Å². The highest BCUT2D eigenvalue weighted by atomic mass is 32.2. The summed E-state index contributed by atoms with van der Waals surface area (Å²) in [5, 5.41) is 6.55. The summed E-state index contributed by atoms with van der Waals surface area (Å²) in [7, 11) is 2.00. The van der Waals surface area contributed by atoms with E-state index in [1.807, 2.05) is 30.4 Å². The summed E-state index contributed by atoms with van der Waals surface area (Å²) >= 11 is 3.69. The molecule has 1 fully saturated rings. The predicted octanol–water partition coefficient (Wildman–Crippen LogP) is 1.41. The third kappa shape index (κ3) is 3.17. The second kappa shape index (κ2) is 5.84. The minimum absolute atomic E-state index is 0.331. The number of hydrogen-bond donors (Lipinski definition) is 1. The van der Waals surface area contributed by atoms with Crippen LogP contribution >= 0.6 is 23.1 Å². The highest BCUT2D eigenvalue weighted by Gasteiger charge is 2.24. The Bertz CT molecular complexity index is 273. The molecule has 2 unspecified atom stereocenters. The number of ether oxygens (including phenoxy) is 1. The Kier molecular flexibility index (Phi) is 4.43. The van der Waals surface area contributed by atoms with Crippen LogP contribution in [0.15, 0.2) is 11.6 Å². The second-order valence-electron chi connectivity index (χ2n) is 3.51.